The van der Waals surface area contributed by atoms with Crippen molar-refractivity contribution in [1.29, 1.82) is 0 Å². The van der Waals surface area contributed by atoms with Gasteiger partial charge in [-0.3, -0.25) is 9.36 Å². The number of fused-ring (bicyclic) bond motifs is 1. The molecule has 1 fully saturated rings. The summed E-state index contributed by atoms with van der Waals surface area (Å²) < 4.78 is 17.5. The summed E-state index contributed by atoms with van der Waals surface area (Å²) >= 11 is 1.07. The number of hydrogen-bond acceptors (Lipinski definition) is 12. The number of rotatable bonds is 10. The van der Waals surface area contributed by atoms with Gasteiger partial charge < -0.3 is 39.6 Å². The molecule has 5 N–H and O–H groups in total. The maximum atomic E-state index is 12.3. The minimum absolute atomic E-state index is 0.00910. The molecule has 0 unspecified atom stereocenters. The van der Waals surface area contributed by atoms with E-state index < -0.39 is 48.8 Å². The quantitative estimate of drug-likeness (QED) is 0.169. The van der Waals surface area contributed by atoms with Crippen LogP contribution in [-0.2, 0) is 9.47 Å². The van der Waals surface area contributed by atoms with E-state index in [1.807, 2.05) is 0 Å². The van der Waals surface area contributed by atoms with E-state index >= 15 is 0 Å². The number of aromatic amines is 1. The van der Waals surface area contributed by atoms with Crippen molar-refractivity contribution in [1.82, 2.24) is 19.5 Å². The number of aromatic nitrogens is 4. The molecule has 3 heterocycles. The molecule has 0 spiro atoms. The van der Waals surface area contributed by atoms with Crippen molar-refractivity contribution < 1.29 is 39.4 Å². The lowest BCUT2D eigenvalue weighted by Gasteiger charge is -2.19. The maximum absolute atomic E-state index is 12.3. The minimum atomic E-state index is -1.41. The maximum Gasteiger partial charge on any atom is 0.338 e. The number of hydrogen-bond donors (Lipinski definition) is 5. The molecule has 1 saturated heterocycles. The van der Waals surface area contributed by atoms with Gasteiger partial charge in [0.05, 0.1) is 31.2 Å². The monoisotopic (exact) mass is 522 g/mol. The standard InChI is InChI=1S/C22H26N4O9S/c1-2-33-21(32)11-3-5-13(6-4-11)34-8-12(28)9-36-22-25-15-18(23-10-24-19(15)31)26(22)20-17(30)16(29)14(7-27)35-20/h3-6,10,12,14,16-17,20,27-30H,2,7-9H2,1H3,(H,23,24,31)/t12-,14+,16+,17+,20+/m0/s1. The summed E-state index contributed by atoms with van der Waals surface area (Å²) in [4.78, 5) is 34.8. The first kappa shape index (κ1) is 26.1. The van der Waals surface area contributed by atoms with Crippen molar-refractivity contribution in [2.45, 2.75) is 42.7 Å². The van der Waals surface area contributed by atoms with Crippen molar-refractivity contribution in [2.75, 3.05) is 25.6 Å². The van der Waals surface area contributed by atoms with Gasteiger partial charge in [0.15, 0.2) is 22.5 Å². The van der Waals surface area contributed by atoms with Crippen molar-refractivity contribution in [3.63, 3.8) is 0 Å². The van der Waals surface area contributed by atoms with E-state index in [-0.39, 0.29) is 35.3 Å². The molecule has 1 aromatic carbocycles. The third kappa shape index (κ3) is 5.38. The van der Waals surface area contributed by atoms with E-state index in [0.29, 0.717) is 11.3 Å². The highest BCUT2D eigenvalue weighted by Gasteiger charge is 2.45. The number of thioether (sulfide) groups is 1. The van der Waals surface area contributed by atoms with Crippen molar-refractivity contribution in [2.24, 2.45) is 0 Å². The number of nitrogens with one attached hydrogen (secondary N) is 1. The highest BCUT2D eigenvalue weighted by Crippen LogP contribution is 2.35. The van der Waals surface area contributed by atoms with Gasteiger partial charge >= 0.3 is 5.97 Å². The Morgan fingerprint density at radius 2 is 2.03 bits per heavy atom. The van der Waals surface area contributed by atoms with E-state index in [9.17, 15) is 30.0 Å². The lowest BCUT2D eigenvalue weighted by molar-refractivity contribution is -0.0548. The summed E-state index contributed by atoms with van der Waals surface area (Å²) in [5, 5.41) is 40.8. The molecule has 14 heteroatoms. The molecule has 4 rings (SSSR count). The van der Waals surface area contributed by atoms with Gasteiger partial charge in [-0.2, -0.15) is 0 Å². The van der Waals surface area contributed by atoms with Crippen LogP contribution in [0.5, 0.6) is 5.75 Å². The molecule has 0 amide bonds. The number of esters is 1. The summed E-state index contributed by atoms with van der Waals surface area (Å²) in [6.07, 6.45) is -4.74. The first-order chi connectivity index (χ1) is 17.3. The second kappa shape index (κ2) is 11.4. The topological polar surface area (TPSA) is 189 Å². The molecule has 13 nitrogen and oxygen atoms in total. The molecule has 5 atom stereocenters. The SMILES string of the molecule is CCOC(=O)c1ccc(OC[C@H](O)CSc2nc3c(=O)[nH]cnc3n2[C@@H]2O[C@H](CO)[C@@H](O)[C@H]2O)cc1. The highest BCUT2D eigenvalue weighted by molar-refractivity contribution is 7.99. The Balaban J connectivity index is 1.45. The number of aliphatic hydroxyl groups excluding tert-OH is 4. The molecule has 0 saturated carbocycles. The van der Waals surface area contributed by atoms with E-state index in [1.165, 1.54) is 10.9 Å². The number of benzene rings is 1. The number of H-pyrrole nitrogens is 1. The van der Waals surface area contributed by atoms with Gasteiger partial charge in [-0.15, -0.1) is 0 Å². The fourth-order valence-electron chi connectivity index (χ4n) is 3.64. The van der Waals surface area contributed by atoms with Gasteiger partial charge in [-0.05, 0) is 31.2 Å². The summed E-state index contributed by atoms with van der Waals surface area (Å²) in [5.74, 6) is 0.101. The first-order valence-corrected chi connectivity index (χ1v) is 12.1. The number of imidazole rings is 1. The Bertz CT molecular complexity index is 1250. The van der Waals surface area contributed by atoms with Gasteiger partial charge in [0, 0.05) is 5.75 Å². The molecule has 1 aliphatic heterocycles. The second-order valence-electron chi connectivity index (χ2n) is 7.92. The lowest BCUT2D eigenvalue weighted by Crippen LogP contribution is -2.33. The Kier molecular flexibility index (Phi) is 8.23. The van der Waals surface area contributed by atoms with Crippen LogP contribution >= 0.6 is 11.8 Å². The van der Waals surface area contributed by atoms with Gasteiger partial charge in [0.1, 0.15) is 30.7 Å². The number of ether oxygens (including phenoxy) is 3. The van der Waals surface area contributed by atoms with Crippen LogP contribution in [0.1, 0.15) is 23.5 Å². The van der Waals surface area contributed by atoms with Crippen molar-refractivity contribution in [3.8, 4) is 5.75 Å². The normalized spacial score (nSPS) is 22.6. The zero-order valence-electron chi connectivity index (χ0n) is 19.2. The molecule has 36 heavy (non-hydrogen) atoms. The van der Waals surface area contributed by atoms with Crippen LogP contribution in [-0.4, -0.2) is 95.9 Å². The molecule has 0 bridgehead atoms. The lowest BCUT2D eigenvalue weighted by atomic mass is 10.1. The zero-order valence-corrected chi connectivity index (χ0v) is 20.0. The Labute approximate surface area is 208 Å². The van der Waals surface area contributed by atoms with E-state index in [4.69, 9.17) is 14.2 Å². The molecule has 0 aliphatic carbocycles. The molecule has 194 valence electrons. The van der Waals surface area contributed by atoms with Gasteiger partial charge in [0.2, 0.25) is 0 Å². The van der Waals surface area contributed by atoms with Gasteiger partial charge in [0.25, 0.3) is 5.56 Å². The third-order valence-corrected chi connectivity index (χ3v) is 6.53. The predicted molar refractivity (Wildman–Crippen MR) is 126 cm³/mol. The molecular formula is C22H26N4O9S. The van der Waals surface area contributed by atoms with Crippen LogP contribution in [0.4, 0.5) is 0 Å². The van der Waals surface area contributed by atoms with Crippen LogP contribution in [0.15, 0.2) is 40.5 Å². The van der Waals surface area contributed by atoms with Gasteiger partial charge in [-0.25, -0.2) is 14.8 Å². The van der Waals surface area contributed by atoms with Crippen molar-refractivity contribution >= 4 is 28.9 Å². The smallest absolute Gasteiger partial charge is 0.338 e. The van der Waals surface area contributed by atoms with E-state index in [2.05, 4.69) is 15.0 Å². The van der Waals surface area contributed by atoms with Crippen LogP contribution in [0.2, 0.25) is 0 Å². The zero-order chi connectivity index (χ0) is 25.8. The summed E-state index contributed by atoms with van der Waals surface area (Å²) in [6, 6.07) is 6.29. The number of carbonyl (C=O) groups excluding carboxylic acids is 1. The Morgan fingerprint density at radius 1 is 1.28 bits per heavy atom. The fraction of sp³-hybridized carbons (Fsp3) is 0.455. The average Bonchev–Trinajstić information content (AvgIpc) is 3.39. The summed E-state index contributed by atoms with van der Waals surface area (Å²) in [5.41, 5.74) is -0.0242. The minimum Gasteiger partial charge on any atom is -0.491 e. The van der Waals surface area contributed by atoms with Gasteiger partial charge in [-0.1, -0.05) is 11.8 Å². The average molecular weight is 523 g/mol. The number of nitrogens with zero attached hydrogens (tertiary/aromatic N) is 3. The molecule has 3 aromatic rings. The summed E-state index contributed by atoms with van der Waals surface area (Å²) in [6.45, 7) is 1.40. The van der Waals surface area contributed by atoms with Crippen LogP contribution in [0, 0.1) is 0 Å². The third-order valence-electron chi connectivity index (χ3n) is 5.44. The molecule has 0 radical (unpaired) electrons. The van der Waals surface area contributed by atoms with E-state index in [0.717, 1.165) is 11.8 Å². The molecule has 2 aromatic heterocycles. The molecular weight excluding hydrogens is 496 g/mol. The predicted octanol–water partition coefficient (Wildman–Crippen LogP) is -0.560. The van der Waals surface area contributed by atoms with Crippen molar-refractivity contribution in [3.05, 3.63) is 46.5 Å². The van der Waals surface area contributed by atoms with E-state index in [1.54, 1.807) is 31.2 Å². The Hall–Kier alpha value is -3.01. The van der Waals surface area contributed by atoms with Crippen LogP contribution in [0.25, 0.3) is 11.2 Å². The number of carbonyl (C=O) groups is 1. The largest absolute Gasteiger partial charge is 0.491 e. The second-order valence-corrected chi connectivity index (χ2v) is 8.90. The number of aliphatic hydroxyl groups is 4. The first-order valence-electron chi connectivity index (χ1n) is 11.1. The fourth-order valence-corrected chi connectivity index (χ4v) is 4.56. The Morgan fingerprint density at radius 3 is 2.69 bits per heavy atom. The van der Waals surface area contributed by atoms with Crippen LogP contribution in [0.3, 0.4) is 0 Å². The summed E-state index contributed by atoms with van der Waals surface area (Å²) in [7, 11) is 0. The highest BCUT2D eigenvalue weighted by atomic mass is 32.2. The van der Waals surface area contributed by atoms with Crippen LogP contribution < -0.4 is 10.3 Å². The molecule has 1 aliphatic rings.